The first kappa shape index (κ1) is 23.2. The van der Waals surface area contributed by atoms with Crippen LogP contribution < -0.4 is 10.1 Å². The summed E-state index contributed by atoms with van der Waals surface area (Å²) in [6.07, 6.45) is 4.84. The van der Waals surface area contributed by atoms with E-state index in [0.717, 1.165) is 42.3 Å². The molecular weight excluding hydrogens is 456 g/mol. The van der Waals surface area contributed by atoms with Gasteiger partial charge in [0.05, 0.1) is 12.7 Å². The summed E-state index contributed by atoms with van der Waals surface area (Å²) in [5.74, 6) is -0.0682. The van der Waals surface area contributed by atoms with Crippen LogP contribution in [0.3, 0.4) is 0 Å². The molecule has 3 aliphatic rings. The van der Waals surface area contributed by atoms with Gasteiger partial charge in [-0.3, -0.25) is 14.7 Å². The van der Waals surface area contributed by atoms with Gasteiger partial charge in [0, 0.05) is 57.0 Å². The second kappa shape index (κ2) is 9.26. The Hall–Kier alpha value is -2.53. The molecule has 1 aromatic carbocycles. The molecule has 2 fully saturated rings. The molecule has 2 saturated heterocycles. The maximum Gasteiger partial charge on any atom is 0.247 e. The Balaban J connectivity index is 1.40. The van der Waals surface area contributed by atoms with E-state index in [-0.39, 0.29) is 29.5 Å². The molecule has 0 unspecified atom stereocenters. The first-order valence-electron chi connectivity index (χ1n) is 11.7. The number of hydrogen-bond acceptors (Lipinski definition) is 7. The lowest BCUT2D eigenvalue weighted by atomic mass is 9.84. The van der Waals surface area contributed by atoms with Crippen molar-refractivity contribution in [1.29, 1.82) is 0 Å². The van der Waals surface area contributed by atoms with Crippen LogP contribution in [0.5, 0.6) is 5.75 Å². The highest BCUT2D eigenvalue weighted by Crippen LogP contribution is 2.35. The molecule has 182 valence electrons. The van der Waals surface area contributed by atoms with E-state index < -0.39 is 27.7 Å². The lowest BCUT2D eigenvalue weighted by Gasteiger charge is -2.43. The van der Waals surface area contributed by atoms with Crippen molar-refractivity contribution >= 4 is 15.9 Å². The smallest absolute Gasteiger partial charge is 0.247 e. The predicted octanol–water partition coefficient (Wildman–Crippen LogP) is 1.14. The summed E-state index contributed by atoms with van der Waals surface area (Å²) in [6.45, 7) is 2.56. The number of hydrogen-bond donors (Lipinski definition) is 2. The number of amides is 1. The third-order valence-corrected chi connectivity index (χ3v) is 9.05. The minimum Gasteiger partial charge on any atom is -0.492 e. The molecule has 0 aliphatic carbocycles. The van der Waals surface area contributed by atoms with Crippen molar-refractivity contribution in [2.24, 2.45) is 0 Å². The van der Waals surface area contributed by atoms with Gasteiger partial charge < -0.3 is 15.2 Å². The van der Waals surface area contributed by atoms with Gasteiger partial charge in [0.1, 0.15) is 16.7 Å². The number of carbonyl (C=O) groups excluding carboxylic acids is 1. The van der Waals surface area contributed by atoms with Gasteiger partial charge in [0.25, 0.3) is 0 Å². The average Bonchev–Trinajstić information content (AvgIpc) is 3.24. The first-order valence-corrected chi connectivity index (χ1v) is 13.2. The molecule has 0 saturated carbocycles. The Morgan fingerprint density at radius 1 is 1.15 bits per heavy atom. The molecule has 0 bridgehead atoms. The summed E-state index contributed by atoms with van der Waals surface area (Å²) < 4.78 is 34.0. The van der Waals surface area contributed by atoms with Crippen molar-refractivity contribution in [3.8, 4) is 5.75 Å². The molecule has 4 heterocycles. The third-order valence-electron chi connectivity index (χ3n) is 7.14. The Kier molecular flexibility index (Phi) is 6.32. The standard InChI is InChI=1S/C24H30N4O5S/c29-19-14-20-23(30)26-24(7-11-27(12-8-24)16-18-4-3-10-25-15-18)9-13-33-21-5-1-2-6-22(21)34(31,32)28(20)17-19/h1-6,10,15,19-20,29H,7-9,11-14,16-17H2,(H,26,30)/t19-,20+/m1/s1. The van der Waals surface area contributed by atoms with Gasteiger partial charge >= 0.3 is 0 Å². The lowest BCUT2D eigenvalue weighted by molar-refractivity contribution is -0.127. The molecule has 34 heavy (non-hydrogen) atoms. The highest BCUT2D eigenvalue weighted by Gasteiger charge is 2.47. The van der Waals surface area contributed by atoms with Gasteiger partial charge in [-0.15, -0.1) is 0 Å². The molecule has 0 radical (unpaired) electrons. The summed E-state index contributed by atoms with van der Waals surface area (Å²) in [4.78, 5) is 20.0. The lowest BCUT2D eigenvalue weighted by Crippen LogP contribution is -2.59. The Bertz CT molecular complexity index is 1140. The number of nitrogens with zero attached hydrogens (tertiary/aromatic N) is 3. The number of piperidine rings is 1. The molecule has 10 heteroatoms. The van der Waals surface area contributed by atoms with Crippen molar-refractivity contribution in [3.63, 3.8) is 0 Å². The van der Waals surface area contributed by atoms with Crippen molar-refractivity contribution in [3.05, 3.63) is 54.4 Å². The first-order chi connectivity index (χ1) is 16.4. The maximum atomic E-state index is 13.5. The van der Waals surface area contributed by atoms with Crippen LogP contribution in [0.2, 0.25) is 0 Å². The number of aliphatic hydroxyl groups is 1. The molecule has 2 aromatic rings. The Morgan fingerprint density at radius 3 is 2.71 bits per heavy atom. The van der Waals surface area contributed by atoms with Gasteiger partial charge in [0.15, 0.2) is 0 Å². The van der Waals surface area contributed by atoms with E-state index in [1.807, 2.05) is 12.3 Å². The van der Waals surface area contributed by atoms with Crippen LogP contribution in [0.15, 0.2) is 53.7 Å². The molecule has 3 aliphatic heterocycles. The molecule has 1 spiro atoms. The molecule has 1 amide bonds. The number of nitrogens with one attached hydrogen (secondary N) is 1. The van der Waals surface area contributed by atoms with Crippen LogP contribution >= 0.6 is 0 Å². The van der Waals surface area contributed by atoms with E-state index in [9.17, 15) is 18.3 Å². The topological polar surface area (TPSA) is 112 Å². The fourth-order valence-corrected chi connectivity index (χ4v) is 6.99. The fraction of sp³-hybridized carbons (Fsp3) is 0.500. The van der Waals surface area contributed by atoms with E-state index >= 15 is 0 Å². The van der Waals surface area contributed by atoms with Crippen LogP contribution in [0.4, 0.5) is 0 Å². The van der Waals surface area contributed by atoms with E-state index in [1.165, 1.54) is 6.07 Å². The normalized spacial score (nSPS) is 27.1. The number of likely N-dealkylation sites (tertiary alicyclic amines) is 1. The quantitative estimate of drug-likeness (QED) is 0.655. The van der Waals surface area contributed by atoms with E-state index in [0.29, 0.717) is 13.0 Å². The number of aromatic nitrogens is 1. The number of fused-ring (bicyclic) bond motifs is 2. The highest BCUT2D eigenvalue weighted by molar-refractivity contribution is 7.89. The number of ether oxygens (including phenoxy) is 1. The van der Waals surface area contributed by atoms with Gasteiger partial charge in [-0.05, 0) is 36.6 Å². The molecule has 9 nitrogen and oxygen atoms in total. The minimum atomic E-state index is -4.01. The highest BCUT2D eigenvalue weighted by atomic mass is 32.2. The summed E-state index contributed by atoms with van der Waals surface area (Å²) >= 11 is 0. The molecule has 2 atom stereocenters. The third kappa shape index (κ3) is 4.55. The van der Waals surface area contributed by atoms with Crippen molar-refractivity contribution < 1.29 is 23.1 Å². The largest absolute Gasteiger partial charge is 0.492 e. The minimum absolute atomic E-state index is 0.0316. The molecular formula is C24H30N4O5S. The second-order valence-electron chi connectivity index (χ2n) is 9.43. The van der Waals surface area contributed by atoms with Gasteiger partial charge in [-0.2, -0.15) is 4.31 Å². The summed E-state index contributed by atoms with van der Waals surface area (Å²) in [5, 5.41) is 13.5. The molecule has 1 aromatic heterocycles. The van der Waals surface area contributed by atoms with Crippen LogP contribution in [0.25, 0.3) is 0 Å². The zero-order valence-corrected chi connectivity index (χ0v) is 19.8. The van der Waals surface area contributed by atoms with Gasteiger partial charge in [0.2, 0.25) is 15.9 Å². The number of aliphatic hydroxyl groups excluding tert-OH is 1. The SMILES string of the molecule is O=C1NC2(CCOc3ccccc3S(=O)(=O)N3C[C@H](O)C[C@@H]13)CCN(Cc1cccnc1)CC2. The van der Waals surface area contributed by atoms with Crippen molar-refractivity contribution in [2.45, 2.75) is 54.8 Å². The second-order valence-corrected chi connectivity index (χ2v) is 11.3. The van der Waals surface area contributed by atoms with Crippen LogP contribution in [0.1, 0.15) is 31.2 Å². The van der Waals surface area contributed by atoms with E-state index in [4.69, 9.17) is 4.74 Å². The van der Waals surface area contributed by atoms with E-state index in [2.05, 4.69) is 21.3 Å². The van der Waals surface area contributed by atoms with Crippen LogP contribution in [0, 0.1) is 0 Å². The molecule has 2 N–H and O–H groups in total. The summed E-state index contributed by atoms with van der Waals surface area (Å²) in [7, 11) is -4.01. The maximum absolute atomic E-state index is 13.5. The van der Waals surface area contributed by atoms with E-state index in [1.54, 1.807) is 24.4 Å². The van der Waals surface area contributed by atoms with Crippen LogP contribution in [-0.4, -0.2) is 77.5 Å². The van der Waals surface area contributed by atoms with Gasteiger partial charge in [-0.25, -0.2) is 8.42 Å². The number of sulfonamides is 1. The monoisotopic (exact) mass is 486 g/mol. The number of pyridine rings is 1. The predicted molar refractivity (Wildman–Crippen MR) is 124 cm³/mol. The number of para-hydroxylation sites is 1. The Labute approximate surface area is 199 Å². The number of benzene rings is 1. The summed E-state index contributed by atoms with van der Waals surface area (Å²) in [6, 6.07) is 9.55. The van der Waals surface area contributed by atoms with Crippen molar-refractivity contribution in [2.75, 3.05) is 26.2 Å². The average molecular weight is 487 g/mol. The number of rotatable bonds is 2. The van der Waals surface area contributed by atoms with Crippen molar-refractivity contribution in [1.82, 2.24) is 19.5 Å². The zero-order chi connectivity index (χ0) is 23.8. The fourth-order valence-electron chi connectivity index (χ4n) is 5.22. The summed E-state index contributed by atoms with van der Waals surface area (Å²) in [5.41, 5.74) is 0.649. The Morgan fingerprint density at radius 2 is 1.94 bits per heavy atom. The number of carbonyl (C=O) groups is 1. The van der Waals surface area contributed by atoms with Crippen LogP contribution in [-0.2, 0) is 21.4 Å². The van der Waals surface area contributed by atoms with Gasteiger partial charge in [-0.1, -0.05) is 18.2 Å². The zero-order valence-electron chi connectivity index (χ0n) is 19.0. The molecule has 5 rings (SSSR count).